The van der Waals surface area contributed by atoms with Gasteiger partial charge in [-0.3, -0.25) is 9.69 Å². The van der Waals surface area contributed by atoms with Gasteiger partial charge in [0.2, 0.25) is 5.91 Å². The van der Waals surface area contributed by atoms with Crippen molar-refractivity contribution in [3.8, 4) is 22.3 Å². The highest BCUT2D eigenvalue weighted by atomic mass is 32.2. The van der Waals surface area contributed by atoms with Gasteiger partial charge in [-0.1, -0.05) is 84.9 Å². The number of carboxylic acids is 1. The van der Waals surface area contributed by atoms with E-state index in [2.05, 4.69) is 60.7 Å². The van der Waals surface area contributed by atoms with Gasteiger partial charge in [-0.15, -0.1) is 0 Å². The molecule has 0 spiro atoms. The Bertz CT molecular complexity index is 1910. The molecule has 6 aromatic rings. The molecule has 1 N–H and O–H groups in total. The Balaban J connectivity index is 1.13. The zero-order chi connectivity index (χ0) is 29.9. The molecule has 0 bridgehead atoms. The Morgan fingerprint density at radius 3 is 2.09 bits per heavy atom. The summed E-state index contributed by atoms with van der Waals surface area (Å²) in [6, 6.07) is 35.1. The van der Waals surface area contributed by atoms with Crippen LogP contribution in [-0.4, -0.2) is 28.8 Å². The van der Waals surface area contributed by atoms with Gasteiger partial charge in [-0.2, -0.15) is 11.8 Å². The number of nitrogens with zero attached hydrogens (tertiary/aromatic N) is 1. The highest BCUT2D eigenvalue weighted by molar-refractivity contribution is 7.98. The minimum Gasteiger partial charge on any atom is -0.480 e. The van der Waals surface area contributed by atoms with E-state index < -0.39 is 23.7 Å². The van der Waals surface area contributed by atoms with E-state index in [4.69, 9.17) is 4.42 Å². The van der Waals surface area contributed by atoms with Gasteiger partial charge >= 0.3 is 5.97 Å². The molecule has 1 aromatic heterocycles. The lowest BCUT2D eigenvalue weighted by Crippen LogP contribution is -2.46. The fourth-order valence-corrected chi connectivity index (χ4v) is 6.40. The van der Waals surface area contributed by atoms with E-state index in [-0.39, 0.29) is 5.75 Å². The van der Waals surface area contributed by atoms with Crippen molar-refractivity contribution in [3.05, 3.63) is 127 Å². The van der Waals surface area contributed by atoms with Gasteiger partial charge in [-0.25, -0.2) is 9.18 Å². The van der Waals surface area contributed by atoms with Crippen LogP contribution in [0.3, 0.4) is 0 Å². The molecule has 0 aliphatic carbocycles. The number of fused-ring (bicyclic) bond motifs is 3. The summed E-state index contributed by atoms with van der Waals surface area (Å²) in [6.07, 6.45) is 0. The summed E-state index contributed by atoms with van der Waals surface area (Å²) < 4.78 is 19.6. The largest absolute Gasteiger partial charge is 0.480 e. The fraction of sp³-hybridized carbons (Fsp3) is 0.111. The van der Waals surface area contributed by atoms with E-state index in [9.17, 15) is 19.1 Å². The number of carbonyl (C=O) groups is 2. The zero-order valence-electron chi connectivity index (χ0n) is 23.4. The number of anilines is 1. The Kier molecular flexibility index (Phi) is 7.99. The average molecular weight is 590 g/mol. The molecule has 43 heavy (non-hydrogen) atoms. The predicted octanol–water partition coefficient (Wildman–Crippen LogP) is 8.80. The number of halogens is 1. The summed E-state index contributed by atoms with van der Waals surface area (Å²) in [5.74, 6) is -1.20. The number of para-hydroxylation sites is 2. The highest BCUT2D eigenvalue weighted by Crippen LogP contribution is 2.36. The molecule has 0 aliphatic rings. The van der Waals surface area contributed by atoms with E-state index in [0.29, 0.717) is 11.4 Å². The Morgan fingerprint density at radius 1 is 0.791 bits per heavy atom. The molecule has 5 nitrogen and oxygen atoms in total. The van der Waals surface area contributed by atoms with E-state index in [1.807, 2.05) is 30.3 Å². The average Bonchev–Trinajstić information content (AvgIpc) is 3.40. The predicted molar refractivity (Wildman–Crippen MR) is 172 cm³/mol. The number of benzene rings is 5. The molecular formula is C36H28FNO4S. The normalized spacial score (nSPS) is 12.0. The molecule has 0 radical (unpaired) electrons. The van der Waals surface area contributed by atoms with Gasteiger partial charge in [0.25, 0.3) is 0 Å². The summed E-state index contributed by atoms with van der Waals surface area (Å²) in [5.41, 5.74) is 7.44. The second-order valence-corrected chi connectivity index (χ2v) is 11.3. The monoisotopic (exact) mass is 589 g/mol. The van der Waals surface area contributed by atoms with Crippen LogP contribution >= 0.6 is 11.8 Å². The van der Waals surface area contributed by atoms with Gasteiger partial charge in [0.15, 0.2) is 0 Å². The number of carbonyl (C=O) groups excluding carboxylic acids is 1. The van der Waals surface area contributed by atoms with Gasteiger partial charge in [0, 0.05) is 40.5 Å². The fourth-order valence-electron chi connectivity index (χ4n) is 5.34. The van der Waals surface area contributed by atoms with Crippen LogP contribution in [0.5, 0.6) is 0 Å². The van der Waals surface area contributed by atoms with Crippen molar-refractivity contribution >= 4 is 51.3 Å². The Labute approximate surface area is 252 Å². The van der Waals surface area contributed by atoms with Gasteiger partial charge in [-0.05, 0) is 52.6 Å². The quantitative estimate of drug-likeness (QED) is 0.183. The number of amides is 1. The molecular weight excluding hydrogens is 561 g/mol. The molecule has 6 rings (SSSR count). The number of hydrogen-bond donors (Lipinski definition) is 1. The van der Waals surface area contributed by atoms with Crippen molar-refractivity contribution in [2.24, 2.45) is 0 Å². The number of thioether (sulfide) groups is 1. The smallest absolute Gasteiger partial charge is 0.327 e. The lowest BCUT2D eigenvalue weighted by atomic mass is 9.98. The van der Waals surface area contributed by atoms with Crippen molar-refractivity contribution in [1.29, 1.82) is 0 Å². The Hall–Kier alpha value is -4.88. The van der Waals surface area contributed by atoms with Crippen LogP contribution < -0.4 is 4.90 Å². The summed E-state index contributed by atoms with van der Waals surface area (Å²) in [6.45, 7) is 1.31. The van der Waals surface area contributed by atoms with Crippen LogP contribution in [-0.2, 0) is 15.3 Å². The molecule has 0 unspecified atom stereocenters. The van der Waals surface area contributed by atoms with Crippen LogP contribution in [0.25, 0.3) is 44.2 Å². The third kappa shape index (κ3) is 5.90. The van der Waals surface area contributed by atoms with E-state index in [0.717, 1.165) is 49.8 Å². The van der Waals surface area contributed by atoms with Crippen LogP contribution in [0, 0.1) is 5.82 Å². The second kappa shape index (κ2) is 12.2. The van der Waals surface area contributed by atoms with Gasteiger partial charge in [0.05, 0.1) is 0 Å². The van der Waals surface area contributed by atoms with Crippen LogP contribution in [0.4, 0.5) is 10.1 Å². The number of hydrogen-bond acceptors (Lipinski definition) is 4. The van der Waals surface area contributed by atoms with Crippen molar-refractivity contribution in [3.63, 3.8) is 0 Å². The van der Waals surface area contributed by atoms with Crippen molar-refractivity contribution in [2.75, 3.05) is 10.7 Å². The van der Waals surface area contributed by atoms with E-state index in [1.165, 1.54) is 47.9 Å². The standard InChI is InChI=1S/C36H28FNO4S/c1-23(39)38(29-19-17-28(37)18-20-29)33(36(40)41)22-43-21-24-9-11-25(12-10-24)26-13-15-27(16-14-26)30-6-4-7-32-31-5-2-3-8-34(31)42-35(30)32/h2-20,33H,21-22H2,1H3,(H,40,41)/t33-/m0/s1. The minimum absolute atomic E-state index is 0.188. The first-order chi connectivity index (χ1) is 20.9. The maximum atomic E-state index is 13.4. The summed E-state index contributed by atoms with van der Waals surface area (Å²) >= 11 is 1.43. The van der Waals surface area contributed by atoms with Gasteiger partial charge < -0.3 is 9.52 Å². The first-order valence-corrected chi connectivity index (χ1v) is 15.0. The molecule has 0 fully saturated rings. The highest BCUT2D eigenvalue weighted by Gasteiger charge is 2.29. The molecule has 214 valence electrons. The van der Waals surface area contributed by atoms with E-state index in [1.54, 1.807) is 0 Å². The topological polar surface area (TPSA) is 70.8 Å². The summed E-state index contributed by atoms with van der Waals surface area (Å²) in [5, 5.41) is 12.1. The first-order valence-electron chi connectivity index (χ1n) is 13.8. The maximum Gasteiger partial charge on any atom is 0.327 e. The molecule has 1 heterocycles. The second-order valence-electron chi connectivity index (χ2n) is 10.3. The lowest BCUT2D eigenvalue weighted by molar-refractivity contribution is -0.139. The summed E-state index contributed by atoms with van der Waals surface area (Å²) in [7, 11) is 0. The SMILES string of the molecule is CC(=O)N(c1ccc(F)cc1)[C@@H](CSCc1ccc(-c2ccc(-c3cccc4c3oc3ccccc34)cc2)cc1)C(=O)O. The van der Waals surface area contributed by atoms with Crippen LogP contribution in [0.1, 0.15) is 12.5 Å². The molecule has 7 heteroatoms. The number of furan rings is 1. The van der Waals surface area contributed by atoms with Crippen molar-refractivity contribution < 1.29 is 23.5 Å². The molecule has 1 atom stereocenters. The van der Waals surface area contributed by atoms with Crippen molar-refractivity contribution in [1.82, 2.24) is 0 Å². The van der Waals surface area contributed by atoms with Crippen molar-refractivity contribution in [2.45, 2.75) is 18.7 Å². The lowest BCUT2D eigenvalue weighted by Gasteiger charge is -2.28. The number of aliphatic carboxylic acids is 1. The van der Waals surface area contributed by atoms with Gasteiger partial charge in [0.1, 0.15) is 23.0 Å². The third-order valence-electron chi connectivity index (χ3n) is 7.47. The zero-order valence-corrected chi connectivity index (χ0v) is 24.2. The first kappa shape index (κ1) is 28.2. The molecule has 0 aliphatic heterocycles. The van der Waals surface area contributed by atoms with Crippen LogP contribution in [0.2, 0.25) is 0 Å². The molecule has 5 aromatic carbocycles. The molecule has 0 saturated carbocycles. The third-order valence-corrected chi connectivity index (χ3v) is 8.56. The van der Waals surface area contributed by atoms with Crippen LogP contribution in [0.15, 0.2) is 120 Å². The minimum atomic E-state index is -1.11. The maximum absolute atomic E-state index is 13.4. The summed E-state index contributed by atoms with van der Waals surface area (Å²) in [4.78, 5) is 25.6. The van der Waals surface area contributed by atoms with E-state index >= 15 is 0 Å². The Morgan fingerprint density at radius 2 is 1.42 bits per heavy atom. The number of rotatable bonds is 9. The number of carboxylic acid groups (broad SMARTS) is 1. The molecule has 1 amide bonds. The molecule has 0 saturated heterocycles.